The van der Waals surface area contributed by atoms with Gasteiger partial charge in [0.15, 0.2) is 5.82 Å². The van der Waals surface area contributed by atoms with Crippen molar-refractivity contribution in [2.24, 2.45) is 4.99 Å². The molecule has 1 aliphatic heterocycles. The van der Waals surface area contributed by atoms with E-state index in [1.165, 1.54) is 16.3 Å². The summed E-state index contributed by atoms with van der Waals surface area (Å²) in [5.74, 6) is 0.641. The highest BCUT2D eigenvalue weighted by Gasteiger charge is 2.23. The number of benzene rings is 8. The van der Waals surface area contributed by atoms with Crippen LogP contribution in [0.15, 0.2) is 229 Å². The Kier molecular flexibility index (Phi) is 9.17. The maximum absolute atomic E-state index is 5.38. The Bertz CT molecular complexity index is 3190. The summed E-state index contributed by atoms with van der Waals surface area (Å²) >= 11 is 0. The van der Waals surface area contributed by atoms with Crippen molar-refractivity contribution >= 4 is 33.2 Å². The molecule has 0 fully saturated rings. The van der Waals surface area contributed by atoms with Crippen molar-refractivity contribution in [2.45, 2.75) is 6.17 Å². The number of aromatic nitrogens is 3. The molecule has 1 unspecified atom stereocenters. The van der Waals surface area contributed by atoms with Crippen LogP contribution in [0, 0.1) is 0 Å². The summed E-state index contributed by atoms with van der Waals surface area (Å²) in [5, 5.41) is 6.13. The van der Waals surface area contributed by atoms with Crippen molar-refractivity contribution in [1.82, 2.24) is 19.9 Å². The molecule has 0 saturated carbocycles. The highest BCUT2D eigenvalue weighted by molar-refractivity contribution is 6.14. The van der Waals surface area contributed by atoms with Crippen LogP contribution in [0.2, 0.25) is 0 Å². The molecule has 1 aliphatic rings. The van der Waals surface area contributed by atoms with E-state index in [0.29, 0.717) is 5.82 Å². The molecule has 1 N–H and O–H groups in total. The molecule has 61 heavy (non-hydrogen) atoms. The van der Waals surface area contributed by atoms with E-state index >= 15 is 0 Å². The van der Waals surface area contributed by atoms with Gasteiger partial charge in [0.25, 0.3) is 0 Å². The average molecular weight is 782 g/mol. The standard InChI is InChI=1S/C56H39N5/c1-6-18-38(19-7-1)49-37-52(58-55(57-49)41-24-12-4-13-25-41)43-31-32-45(42-30-33-47-46-28-16-17-29-53(46)61(54(47)35-42)44-26-14-5-15-27-44)48(34-43)56-59-50(39-20-8-2-9-21-39)36-51(60-56)40-22-10-3-11-23-40/h1-37,55,57H. The lowest BCUT2D eigenvalue weighted by molar-refractivity contribution is 0.664. The molecule has 0 saturated heterocycles. The summed E-state index contributed by atoms with van der Waals surface area (Å²) in [7, 11) is 0. The zero-order chi connectivity index (χ0) is 40.5. The van der Waals surface area contributed by atoms with Crippen LogP contribution < -0.4 is 5.32 Å². The van der Waals surface area contributed by atoms with E-state index in [-0.39, 0.29) is 6.17 Å². The molecule has 0 amide bonds. The Morgan fingerprint density at radius 1 is 0.410 bits per heavy atom. The summed E-state index contributed by atoms with van der Waals surface area (Å²) in [6, 6.07) is 76.4. The number of nitrogens with one attached hydrogen (secondary N) is 1. The molecule has 10 aromatic rings. The van der Waals surface area contributed by atoms with Crippen molar-refractivity contribution in [1.29, 1.82) is 0 Å². The van der Waals surface area contributed by atoms with E-state index in [4.69, 9.17) is 15.0 Å². The van der Waals surface area contributed by atoms with E-state index in [9.17, 15) is 0 Å². The molecule has 0 radical (unpaired) electrons. The van der Waals surface area contributed by atoms with Gasteiger partial charge >= 0.3 is 0 Å². The smallest absolute Gasteiger partial charge is 0.161 e. The number of aliphatic imine (C=N–C) groups is 1. The number of allylic oxidation sites excluding steroid dienone is 1. The van der Waals surface area contributed by atoms with Crippen LogP contribution in [0.5, 0.6) is 0 Å². The molecule has 3 heterocycles. The Morgan fingerprint density at radius 3 is 1.64 bits per heavy atom. The van der Waals surface area contributed by atoms with Crippen molar-refractivity contribution < 1.29 is 0 Å². The molecule has 8 aromatic carbocycles. The summed E-state index contributed by atoms with van der Waals surface area (Å²) in [6.45, 7) is 0. The number of rotatable bonds is 8. The topological polar surface area (TPSA) is 55.1 Å². The lowest BCUT2D eigenvalue weighted by Crippen LogP contribution is -2.24. The van der Waals surface area contributed by atoms with Gasteiger partial charge in [0.2, 0.25) is 0 Å². The lowest BCUT2D eigenvalue weighted by Gasteiger charge is -2.25. The Balaban J connectivity index is 1.16. The first-order chi connectivity index (χ1) is 30.2. The van der Waals surface area contributed by atoms with Crippen molar-refractivity contribution in [2.75, 3.05) is 0 Å². The van der Waals surface area contributed by atoms with Crippen molar-refractivity contribution in [3.05, 3.63) is 241 Å². The van der Waals surface area contributed by atoms with Gasteiger partial charge in [0.1, 0.15) is 6.17 Å². The fraction of sp³-hybridized carbons (Fsp3) is 0.0179. The van der Waals surface area contributed by atoms with Crippen LogP contribution in [0.3, 0.4) is 0 Å². The molecule has 5 heteroatoms. The Labute approximate surface area is 354 Å². The summed E-state index contributed by atoms with van der Waals surface area (Å²) < 4.78 is 2.37. The molecule has 0 spiro atoms. The number of hydrogen-bond donors (Lipinski definition) is 1. The molecular weight excluding hydrogens is 743 g/mol. The van der Waals surface area contributed by atoms with Gasteiger partial charge in [0.05, 0.1) is 28.1 Å². The minimum atomic E-state index is -0.274. The minimum absolute atomic E-state index is 0.274. The van der Waals surface area contributed by atoms with E-state index in [1.54, 1.807) is 0 Å². The van der Waals surface area contributed by atoms with Crippen LogP contribution in [-0.4, -0.2) is 20.2 Å². The zero-order valence-electron chi connectivity index (χ0n) is 33.2. The lowest BCUT2D eigenvalue weighted by atomic mass is 9.93. The van der Waals surface area contributed by atoms with Crippen LogP contribution in [-0.2, 0) is 0 Å². The van der Waals surface area contributed by atoms with Gasteiger partial charge in [-0.05, 0) is 64.7 Å². The second-order valence-corrected chi connectivity index (χ2v) is 15.3. The van der Waals surface area contributed by atoms with Gasteiger partial charge in [-0.1, -0.05) is 182 Å². The monoisotopic (exact) mass is 781 g/mol. The van der Waals surface area contributed by atoms with Gasteiger partial charge < -0.3 is 9.88 Å². The number of para-hydroxylation sites is 2. The van der Waals surface area contributed by atoms with E-state index in [0.717, 1.165) is 78.5 Å². The fourth-order valence-electron chi connectivity index (χ4n) is 8.48. The summed E-state index contributed by atoms with van der Waals surface area (Å²) in [4.78, 5) is 16.1. The first-order valence-electron chi connectivity index (χ1n) is 20.6. The Hall–Kier alpha value is -8.15. The average Bonchev–Trinajstić information content (AvgIpc) is 3.68. The van der Waals surface area contributed by atoms with Crippen molar-refractivity contribution in [3.63, 3.8) is 0 Å². The van der Waals surface area contributed by atoms with Gasteiger partial charge in [-0.25, -0.2) is 9.97 Å². The highest BCUT2D eigenvalue weighted by Crippen LogP contribution is 2.39. The molecule has 5 nitrogen and oxygen atoms in total. The summed E-state index contributed by atoms with van der Waals surface area (Å²) in [6.07, 6.45) is 1.89. The molecule has 11 rings (SSSR count). The predicted molar refractivity (Wildman–Crippen MR) is 251 cm³/mol. The van der Waals surface area contributed by atoms with Gasteiger partial charge in [0, 0.05) is 44.4 Å². The largest absolute Gasteiger partial charge is 0.360 e. The first kappa shape index (κ1) is 36.0. The third-order valence-corrected chi connectivity index (χ3v) is 11.5. The molecule has 2 aromatic heterocycles. The third kappa shape index (κ3) is 6.88. The minimum Gasteiger partial charge on any atom is -0.360 e. The number of nitrogens with zero attached hydrogens (tertiary/aromatic N) is 4. The van der Waals surface area contributed by atoms with Gasteiger partial charge in [-0.2, -0.15) is 0 Å². The molecule has 0 aliphatic carbocycles. The normalized spacial score (nSPS) is 13.7. The maximum atomic E-state index is 5.38. The molecular formula is C56H39N5. The van der Waals surface area contributed by atoms with E-state index in [1.807, 2.05) is 24.3 Å². The maximum Gasteiger partial charge on any atom is 0.161 e. The summed E-state index contributed by atoms with van der Waals surface area (Å²) in [5.41, 5.74) is 15.2. The van der Waals surface area contributed by atoms with Crippen molar-refractivity contribution in [3.8, 4) is 50.7 Å². The third-order valence-electron chi connectivity index (χ3n) is 11.5. The number of hydrogen-bond acceptors (Lipinski definition) is 4. The molecule has 1 atom stereocenters. The quantitative estimate of drug-likeness (QED) is 0.167. The second kappa shape index (κ2) is 15.6. The van der Waals surface area contributed by atoms with Gasteiger partial charge in [-0.15, -0.1) is 0 Å². The highest BCUT2D eigenvalue weighted by atomic mass is 15.1. The van der Waals surface area contributed by atoms with Gasteiger partial charge in [-0.3, -0.25) is 4.99 Å². The predicted octanol–water partition coefficient (Wildman–Crippen LogP) is 13.4. The first-order valence-corrected chi connectivity index (χ1v) is 20.6. The Morgan fingerprint density at radius 2 is 0.967 bits per heavy atom. The fourth-order valence-corrected chi connectivity index (χ4v) is 8.48. The van der Waals surface area contributed by atoms with Crippen LogP contribution in [0.4, 0.5) is 0 Å². The second-order valence-electron chi connectivity index (χ2n) is 15.3. The molecule has 0 bridgehead atoms. The van der Waals surface area contributed by atoms with Crippen LogP contribution >= 0.6 is 0 Å². The van der Waals surface area contributed by atoms with E-state index < -0.39 is 0 Å². The van der Waals surface area contributed by atoms with E-state index in [2.05, 4.69) is 210 Å². The SMILES string of the molecule is C1=C(c2ccccc2)NC(c2ccccc2)N=C1c1ccc(-c2ccc3c4ccccc4n(-c4ccccc4)c3c2)c(-c2nc(-c3ccccc3)cc(-c3ccccc3)n2)c1. The number of fused-ring (bicyclic) bond motifs is 3. The molecule has 288 valence electrons. The van der Waals surface area contributed by atoms with Crippen LogP contribution in [0.1, 0.15) is 22.9 Å². The zero-order valence-corrected chi connectivity index (χ0v) is 33.2. The van der Waals surface area contributed by atoms with Crippen LogP contribution in [0.25, 0.3) is 78.2 Å².